The summed E-state index contributed by atoms with van der Waals surface area (Å²) in [4.78, 5) is 23.8. The van der Waals surface area contributed by atoms with Gasteiger partial charge in [-0.2, -0.15) is 0 Å². The number of esters is 2. The van der Waals surface area contributed by atoms with E-state index in [9.17, 15) is 9.59 Å². The lowest BCUT2D eigenvalue weighted by Gasteiger charge is -2.20. The van der Waals surface area contributed by atoms with Gasteiger partial charge >= 0.3 is 11.9 Å². The van der Waals surface area contributed by atoms with E-state index in [-0.39, 0.29) is 11.9 Å². The lowest BCUT2D eigenvalue weighted by atomic mass is 9.91. The molecule has 0 atom stereocenters. The van der Waals surface area contributed by atoms with Crippen LogP contribution in [-0.2, 0) is 19.1 Å². The molecule has 0 aromatic heterocycles. The van der Waals surface area contributed by atoms with Crippen LogP contribution in [-0.4, -0.2) is 38.9 Å². The van der Waals surface area contributed by atoms with Crippen LogP contribution in [0.3, 0.4) is 0 Å². The van der Waals surface area contributed by atoms with E-state index in [1.807, 2.05) is 39.0 Å². The van der Waals surface area contributed by atoms with Gasteiger partial charge in [-0.3, -0.25) is 4.79 Å². The molecular weight excluding hydrogens is 408 g/mol. The van der Waals surface area contributed by atoms with Crippen molar-refractivity contribution in [3.05, 3.63) is 29.8 Å². The molecule has 1 rings (SSSR count). The number of rotatable bonds is 16. The van der Waals surface area contributed by atoms with E-state index in [1.165, 1.54) is 6.08 Å². The Morgan fingerprint density at radius 2 is 1.59 bits per heavy atom. The zero-order valence-corrected chi connectivity index (χ0v) is 20.4. The number of hydrogen-bond acceptors (Lipinski definition) is 6. The van der Waals surface area contributed by atoms with Gasteiger partial charge in [0.25, 0.3) is 0 Å². The Kier molecular flexibility index (Phi) is 13.2. The summed E-state index contributed by atoms with van der Waals surface area (Å²) < 4.78 is 21.7. The van der Waals surface area contributed by atoms with Crippen molar-refractivity contribution in [3.63, 3.8) is 0 Å². The summed E-state index contributed by atoms with van der Waals surface area (Å²) in [5, 5.41) is 0. The highest BCUT2D eigenvalue weighted by Gasteiger charge is 2.26. The van der Waals surface area contributed by atoms with Gasteiger partial charge in [0.1, 0.15) is 0 Å². The van der Waals surface area contributed by atoms with E-state index in [4.69, 9.17) is 18.9 Å². The molecule has 1 aromatic carbocycles. The first-order valence-electron chi connectivity index (χ1n) is 11.7. The van der Waals surface area contributed by atoms with Crippen LogP contribution in [0, 0.1) is 5.41 Å². The Labute approximate surface area is 193 Å². The molecule has 0 amide bonds. The third-order valence-electron chi connectivity index (χ3n) is 5.31. The minimum absolute atomic E-state index is 0.142. The monoisotopic (exact) mass is 448 g/mol. The number of hydrogen-bond donors (Lipinski definition) is 0. The van der Waals surface area contributed by atoms with Gasteiger partial charge < -0.3 is 18.9 Å². The van der Waals surface area contributed by atoms with Gasteiger partial charge in [-0.05, 0) is 76.1 Å². The van der Waals surface area contributed by atoms with Gasteiger partial charge in [0.15, 0.2) is 11.5 Å². The number of benzene rings is 1. The number of ether oxygens (including phenoxy) is 4. The molecule has 0 aliphatic heterocycles. The van der Waals surface area contributed by atoms with Crippen LogP contribution in [0.2, 0.25) is 0 Å². The quantitative estimate of drug-likeness (QED) is 0.176. The highest BCUT2D eigenvalue weighted by atomic mass is 16.5. The fourth-order valence-corrected chi connectivity index (χ4v) is 2.68. The number of carbonyl (C=O) groups excluding carboxylic acids is 2. The molecule has 32 heavy (non-hydrogen) atoms. The van der Waals surface area contributed by atoms with Crippen molar-refractivity contribution in [2.24, 2.45) is 5.41 Å². The van der Waals surface area contributed by atoms with Crippen LogP contribution in [0.5, 0.6) is 11.5 Å². The van der Waals surface area contributed by atoms with Crippen molar-refractivity contribution in [1.82, 2.24) is 0 Å². The van der Waals surface area contributed by atoms with E-state index in [2.05, 4.69) is 6.92 Å². The minimum atomic E-state index is -0.419. The molecule has 0 saturated carbocycles. The Morgan fingerprint density at radius 1 is 0.906 bits per heavy atom. The molecule has 0 aliphatic rings. The van der Waals surface area contributed by atoms with Crippen molar-refractivity contribution in [2.75, 3.05) is 26.9 Å². The summed E-state index contributed by atoms with van der Waals surface area (Å²) in [6.45, 7) is 9.35. The Morgan fingerprint density at radius 3 is 2.22 bits per heavy atom. The number of carbonyl (C=O) groups is 2. The van der Waals surface area contributed by atoms with Gasteiger partial charge in [-0.15, -0.1) is 0 Å². The predicted octanol–water partition coefficient (Wildman–Crippen LogP) is 5.97. The summed E-state index contributed by atoms with van der Waals surface area (Å²) in [5.74, 6) is 0.824. The molecule has 1 aromatic rings. The average Bonchev–Trinajstić information content (AvgIpc) is 2.79. The maximum absolute atomic E-state index is 11.9. The lowest BCUT2D eigenvalue weighted by molar-refractivity contribution is -0.154. The summed E-state index contributed by atoms with van der Waals surface area (Å²) in [5.41, 5.74) is 0.416. The zero-order valence-electron chi connectivity index (χ0n) is 20.4. The van der Waals surface area contributed by atoms with Gasteiger partial charge in [-0.1, -0.05) is 26.3 Å². The fraction of sp³-hybridized carbons (Fsp3) is 0.615. The Hall–Kier alpha value is -2.50. The Balaban J connectivity index is 2.24. The van der Waals surface area contributed by atoms with E-state index in [0.717, 1.165) is 50.5 Å². The van der Waals surface area contributed by atoms with Crippen molar-refractivity contribution in [2.45, 2.75) is 72.6 Å². The Bertz CT molecular complexity index is 723. The van der Waals surface area contributed by atoms with Gasteiger partial charge in [0, 0.05) is 6.08 Å². The molecule has 0 bridgehead atoms. The largest absolute Gasteiger partial charge is 0.493 e. The maximum Gasteiger partial charge on any atom is 0.330 e. The second kappa shape index (κ2) is 15.3. The summed E-state index contributed by atoms with van der Waals surface area (Å²) in [6, 6.07) is 5.56. The number of unbranched alkanes of at least 4 members (excludes halogenated alkanes) is 4. The number of methoxy groups -OCH3 is 1. The molecule has 0 heterocycles. The maximum atomic E-state index is 11.9. The van der Waals surface area contributed by atoms with Crippen LogP contribution in [0.25, 0.3) is 6.08 Å². The van der Waals surface area contributed by atoms with Gasteiger partial charge in [-0.25, -0.2) is 4.79 Å². The predicted molar refractivity (Wildman–Crippen MR) is 127 cm³/mol. The van der Waals surface area contributed by atoms with E-state index < -0.39 is 5.41 Å². The normalized spacial score (nSPS) is 11.4. The van der Waals surface area contributed by atoms with E-state index in [0.29, 0.717) is 31.3 Å². The van der Waals surface area contributed by atoms with Crippen LogP contribution in [0.1, 0.15) is 78.2 Å². The van der Waals surface area contributed by atoms with E-state index in [1.54, 1.807) is 13.2 Å². The van der Waals surface area contributed by atoms with Crippen molar-refractivity contribution < 1.29 is 28.5 Å². The molecule has 0 spiro atoms. The summed E-state index contributed by atoms with van der Waals surface area (Å²) >= 11 is 0. The first kappa shape index (κ1) is 27.5. The van der Waals surface area contributed by atoms with Crippen molar-refractivity contribution in [1.29, 1.82) is 0 Å². The summed E-state index contributed by atoms with van der Waals surface area (Å²) in [7, 11) is 1.60. The van der Waals surface area contributed by atoms with Crippen LogP contribution in [0.4, 0.5) is 0 Å². The smallest absolute Gasteiger partial charge is 0.330 e. The third kappa shape index (κ3) is 10.7. The molecule has 0 saturated heterocycles. The van der Waals surface area contributed by atoms with Gasteiger partial charge in [0.05, 0.1) is 32.3 Å². The molecule has 0 aliphatic carbocycles. The van der Waals surface area contributed by atoms with E-state index >= 15 is 0 Å². The third-order valence-corrected chi connectivity index (χ3v) is 5.31. The van der Waals surface area contributed by atoms with Crippen molar-refractivity contribution in [3.8, 4) is 11.5 Å². The van der Waals surface area contributed by atoms with Crippen LogP contribution in [0.15, 0.2) is 24.3 Å². The topological polar surface area (TPSA) is 71.1 Å². The zero-order chi connectivity index (χ0) is 23.8. The molecule has 180 valence electrons. The molecule has 0 radical (unpaired) electrons. The first-order chi connectivity index (χ1) is 15.3. The highest BCUT2D eigenvalue weighted by Crippen LogP contribution is 2.28. The molecule has 0 N–H and O–H groups in total. The standard InChI is InChI=1S/C26H40O6/c1-6-8-17-30-22-15-13-21(20-23(22)29-5)14-16-24(27)31-18-11-9-10-12-19-32-25(28)26(3,4)7-2/h13-16,20H,6-12,17-19H2,1-5H3/b16-14+. The SMILES string of the molecule is CCCCOc1ccc(/C=C/C(=O)OCCCCCCOC(=O)C(C)(C)CC)cc1OC. The molecule has 0 fully saturated rings. The molecule has 0 unspecified atom stereocenters. The molecule has 6 heteroatoms. The first-order valence-corrected chi connectivity index (χ1v) is 11.7. The molecular formula is C26H40O6. The summed E-state index contributed by atoms with van der Waals surface area (Å²) in [6.07, 6.45) is 9.39. The average molecular weight is 449 g/mol. The highest BCUT2D eigenvalue weighted by molar-refractivity contribution is 5.87. The molecule has 6 nitrogen and oxygen atoms in total. The van der Waals surface area contributed by atoms with Crippen LogP contribution >= 0.6 is 0 Å². The van der Waals surface area contributed by atoms with Crippen molar-refractivity contribution >= 4 is 18.0 Å². The van der Waals surface area contributed by atoms with Gasteiger partial charge in [0.2, 0.25) is 0 Å². The second-order valence-corrected chi connectivity index (χ2v) is 8.40. The second-order valence-electron chi connectivity index (χ2n) is 8.40. The fourth-order valence-electron chi connectivity index (χ4n) is 2.68. The van der Waals surface area contributed by atoms with Crippen LogP contribution < -0.4 is 9.47 Å². The lowest BCUT2D eigenvalue weighted by Crippen LogP contribution is -2.26. The minimum Gasteiger partial charge on any atom is -0.493 e.